The van der Waals surface area contributed by atoms with E-state index in [0.717, 1.165) is 21.7 Å². The number of azide groups is 1. The van der Waals surface area contributed by atoms with Crippen molar-refractivity contribution in [2.45, 2.75) is 43.7 Å². The smallest absolute Gasteiger partial charge is 0.459 e. The van der Waals surface area contributed by atoms with E-state index < -0.39 is 62.2 Å². The molecule has 2 heterocycles. The second kappa shape index (κ2) is 13.5. The van der Waals surface area contributed by atoms with Gasteiger partial charge >= 0.3 is 19.8 Å². The molecule has 0 bridgehead atoms. The van der Waals surface area contributed by atoms with Gasteiger partial charge in [0.25, 0.3) is 5.56 Å². The molecule has 3 aromatic rings. The van der Waals surface area contributed by atoms with Crippen molar-refractivity contribution in [3.63, 3.8) is 0 Å². The fourth-order valence-electron chi connectivity index (χ4n) is 3.91. The van der Waals surface area contributed by atoms with Gasteiger partial charge in [0.2, 0.25) is 5.72 Å². The Bertz CT molecular complexity index is 1560. The fourth-order valence-corrected chi connectivity index (χ4v) is 4.86. The van der Waals surface area contributed by atoms with E-state index in [0.29, 0.717) is 5.56 Å². The highest BCUT2D eigenvalue weighted by Gasteiger charge is 2.57. The predicted octanol–water partition coefficient (Wildman–Crippen LogP) is 1.90. The molecule has 1 aliphatic heterocycles. The number of esters is 1. The highest BCUT2D eigenvalue weighted by Crippen LogP contribution is 2.41. The van der Waals surface area contributed by atoms with Gasteiger partial charge in [-0.05, 0) is 34.7 Å². The van der Waals surface area contributed by atoms with Crippen molar-refractivity contribution in [2.75, 3.05) is 6.61 Å². The van der Waals surface area contributed by atoms with Crippen LogP contribution in [0.15, 0.2) is 87.6 Å². The van der Waals surface area contributed by atoms with E-state index in [1.165, 1.54) is 19.1 Å². The predicted molar refractivity (Wildman–Crippen MR) is 144 cm³/mol. The Labute approximate surface area is 238 Å². The Hall–Kier alpha value is -4.40. The van der Waals surface area contributed by atoms with Gasteiger partial charge < -0.3 is 24.5 Å². The maximum atomic E-state index is 13.4. The van der Waals surface area contributed by atoms with Gasteiger partial charge in [0.05, 0.1) is 0 Å². The summed E-state index contributed by atoms with van der Waals surface area (Å²) in [6.07, 6.45) is -4.44. The van der Waals surface area contributed by atoms with Gasteiger partial charge in [-0.2, -0.15) is 0 Å². The molecule has 2 unspecified atom stereocenters. The maximum absolute atomic E-state index is 13.4. The first-order chi connectivity index (χ1) is 20.1. The van der Waals surface area contributed by atoms with Crippen molar-refractivity contribution < 1.29 is 38.4 Å². The van der Waals surface area contributed by atoms with Crippen molar-refractivity contribution in [2.24, 2.45) is 5.11 Å². The van der Waals surface area contributed by atoms with Crippen LogP contribution in [0.25, 0.3) is 10.4 Å². The molecule has 16 nitrogen and oxygen atoms in total. The van der Waals surface area contributed by atoms with Crippen LogP contribution in [0.2, 0.25) is 0 Å². The average Bonchev–Trinajstić information content (AvgIpc) is 3.23. The summed E-state index contributed by atoms with van der Waals surface area (Å²) in [5.74, 6) is -0.612. The Morgan fingerprint density at radius 3 is 2.50 bits per heavy atom. The Morgan fingerprint density at radius 1 is 1.19 bits per heavy atom. The number of hydrogen-bond donors (Lipinski definition) is 3. The molecule has 3 N–H and O–H groups in total. The molecule has 2 aromatic carbocycles. The maximum Gasteiger partial charge on any atom is 0.653 e. The number of rotatable bonds is 12. The number of carbonyl (C=O) groups excluding carboxylic acids is 1. The standard InChI is InChI=1S/C25H25N6O10P/c1-16(23(35)38-14-17-8-4-2-5-9-17)31(41-18-10-6-3-7-11-18)42(37)39-15-25(28-29-26)21(34)20(33)22(40-25)30-13-12-19(32)27-24(30)36/h2-13,16,20-22,33-34H,14-15H2,1H3/p+1/t16?,20-,21+,22-,25-/m1/s1. The molecule has 1 saturated heterocycles. The van der Waals surface area contributed by atoms with E-state index in [9.17, 15) is 34.7 Å². The lowest BCUT2D eigenvalue weighted by Gasteiger charge is -2.24. The van der Waals surface area contributed by atoms with Crippen LogP contribution in [0.4, 0.5) is 0 Å². The average molecular weight is 601 g/mol. The molecule has 0 amide bonds. The Kier molecular flexibility index (Phi) is 9.83. The quantitative estimate of drug-likeness (QED) is 0.0680. The van der Waals surface area contributed by atoms with Crippen molar-refractivity contribution in [1.29, 1.82) is 0 Å². The first-order valence-electron chi connectivity index (χ1n) is 12.4. The topological polar surface area (TPSA) is 218 Å². The number of benzene rings is 2. The zero-order valence-electron chi connectivity index (χ0n) is 22.0. The third-order valence-electron chi connectivity index (χ3n) is 6.12. The van der Waals surface area contributed by atoms with Crippen molar-refractivity contribution in [3.05, 3.63) is 110 Å². The lowest BCUT2D eigenvalue weighted by Crippen LogP contribution is -2.45. The van der Waals surface area contributed by atoms with E-state index in [4.69, 9.17) is 18.8 Å². The van der Waals surface area contributed by atoms with Crippen molar-refractivity contribution in [1.82, 2.24) is 14.4 Å². The van der Waals surface area contributed by atoms with E-state index in [2.05, 4.69) is 10.0 Å². The highest BCUT2D eigenvalue weighted by atomic mass is 31.1. The van der Waals surface area contributed by atoms with Crippen LogP contribution in [-0.4, -0.2) is 61.1 Å². The second-order valence-electron chi connectivity index (χ2n) is 8.98. The minimum Gasteiger partial charge on any atom is -0.459 e. The largest absolute Gasteiger partial charge is 0.653 e. The lowest BCUT2D eigenvalue weighted by atomic mass is 10.1. The zero-order chi connectivity index (χ0) is 30.3. The first kappa shape index (κ1) is 30.6. The number of aromatic nitrogens is 2. The number of H-pyrrole nitrogens is 1. The van der Waals surface area contributed by atoms with Gasteiger partial charge in [0, 0.05) is 17.2 Å². The lowest BCUT2D eigenvalue weighted by molar-refractivity contribution is -0.157. The van der Waals surface area contributed by atoms with Gasteiger partial charge in [-0.3, -0.25) is 19.1 Å². The molecule has 6 atom stereocenters. The molecule has 0 saturated carbocycles. The normalized spacial score (nSPS) is 22.7. The summed E-state index contributed by atoms with van der Waals surface area (Å²) in [6, 6.07) is 16.6. The molecule has 17 heteroatoms. The van der Waals surface area contributed by atoms with Crippen LogP contribution in [0.5, 0.6) is 5.75 Å². The summed E-state index contributed by atoms with van der Waals surface area (Å²) >= 11 is 0. The number of aliphatic hydroxyl groups is 2. The van der Waals surface area contributed by atoms with Crippen LogP contribution in [0.3, 0.4) is 0 Å². The van der Waals surface area contributed by atoms with Gasteiger partial charge in [0.1, 0.15) is 30.3 Å². The van der Waals surface area contributed by atoms with E-state index in [1.807, 2.05) is 4.98 Å². The van der Waals surface area contributed by atoms with E-state index >= 15 is 0 Å². The molecule has 0 aliphatic carbocycles. The number of aliphatic hydroxyl groups excluding tert-OH is 2. The monoisotopic (exact) mass is 601 g/mol. The van der Waals surface area contributed by atoms with Gasteiger partial charge in [-0.1, -0.05) is 53.6 Å². The second-order valence-corrected chi connectivity index (χ2v) is 10.1. The fraction of sp³-hybridized carbons (Fsp3) is 0.320. The third kappa shape index (κ3) is 6.90. The Morgan fingerprint density at radius 2 is 1.86 bits per heavy atom. The Balaban J connectivity index is 1.53. The number of hydrogen-bond acceptors (Lipinski definition) is 11. The molecule has 1 aliphatic rings. The van der Waals surface area contributed by atoms with Crippen LogP contribution < -0.4 is 16.1 Å². The van der Waals surface area contributed by atoms with Crippen LogP contribution in [0.1, 0.15) is 18.7 Å². The van der Waals surface area contributed by atoms with Crippen molar-refractivity contribution in [3.8, 4) is 5.75 Å². The summed E-state index contributed by atoms with van der Waals surface area (Å²) < 4.78 is 30.5. The number of nitrogens with zero attached hydrogens (tertiary/aromatic N) is 5. The molecule has 4 rings (SSSR count). The molecular formula is C25H26N6O10P+. The number of nitrogens with one attached hydrogen (secondary N) is 1. The number of hydroxylamine groups is 1. The van der Waals surface area contributed by atoms with E-state index in [1.54, 1.807) is 48.5 Å². The van der Waals surface area contributed by atoms with Crippen LogP contribution >= 0.6 is 8.18 Å². The third-order valence-corrected chi connectivity index (χ3v) is 7.22. The van der Waals surface area contributed by atoms with Crippen LogP contribution in [0, 0.1) is 0 Å². The SMILES string of the molecule is CC(C(=O)OCc1ccccc1)N(Oc1ccccc1)[P+](=O)OC[C@@]1(N=[N+]=[N-])O[C@@H](n2ccc(=O)[nH]c2=O)[C@H](O)[C@@H]1O. The number of aromatic amines is 1. The van der Waals surface area contributed by atoms with E-state index in [-0.39, 0.29) is 12.4 Å². The molecule has 1 aromatic heterocycles. The molecule has 0 radical (unpaired) electrons. The van der Waals surface area contributed by atoms with Crippen molar-refractivity contribution >= 4 is 14.1 Å². The minimum absolute atomic E-state index is 0.0652. The molecule has 42 heavy (non-hydrogen) atoms. The minimum atomic E-state index is -3.09. The molecular weight excluding hydrogens is 575 g/mol. The molecule has 220 valence electrons. The zero-order valence-corrected chi connectivity index (χ0v) is 22.9. The number of para-hydroxylation sites is 1. The number of carbonyl (C=O) groups is 1. The first-order valence-corrected chi connectivity index (χ1v) is 13.5. The molecule has 0 spiro atoms. The van der Waals surface area contributed by atoms with Gasteiger partial charge in [0.15, 0.2) is 18.0 Å². The summed E-state index contributed by atoms with van der Waals surface area (Å²) in [6.45, 7) is 0.378. The van der Waals surface area contributed by atoms with Crippen LogP contribution in [-0.2, 0) is 30.0 Å². The summed E-state index contributed by atoms with van der Waals surface area (Å²) in [5, 5.41) is 24.8. The summed E-state index contributed by atoms with van der Waals surface area (Å²) in [7, 11) is -3.09. The number of ether oxygens (including phenoxy) is 2. The highest BCUT2D eigenvalue weighted by molar-refractivity contribution is 7.36. The van der Waals surface area contributed by atoms with Gasteiger partial charge in [-0.25, -0.2) is 4.79 Å². The summed E-state index contributed by atoms with van der Waals surface area (Å²) in [4.78, 5) is 47.6. The summed E-state index contributed by atoms with van der Waals surface area (Å²) in [5.41, 5.74) is 5.81. The van der Waals surface area contributed by atoms with Gasteiger partial charge in [-0.15, -0.1) is 4.52 Å². The molecule has 1 fully saturated rings.